The number of carbonyl (C=O) groups excluding carboxylic acids is 1. The van der Waals surface area contributed by atoms with E-state index in [4.69, 9.17) is 0 Å². The monoisotopic (exact) mass is 340 g/mol. The van der Waals surface area contributed by atoms with Crippen LogP contribution in [0.3, 0.4) is 0 Å². The molecule has 3 saturated heterocycles. The van der Waals surface area contributed by atoms with E-state index in [1.807, 2.05) is 0 Å². The fourth-order valence-electron chi connectivity index (χ4n) is 5.23. The van der Waals surface area contributed by atoms with Crippen LogP contribution in [0.15, 0.2) is 18.2 Å². The first-order valence-electron chi connectivity index (χ1n) is 9.89. The maximum absolute atomic E-state index is 12.8. The minimum absolute atomic E-state index is 0.234. The molecule has 3 fully saturated rings. The second-order valence-corrected chi connectivity index (χ2v) is 8.14. The summed E-state index contributed by atoms with van der Waals surface area (Å²) in [5, 5.41) is 6.99. The van der Waals surface area contributed by atoms with Gasteiger partial charge in [0.1, 0.15) is 0 Å². The minimum Gasteiger partial charge on any atom is -0.330 e. The first-order chi connectivity index (χ1) is 12.3. The highest BCUT2D eigenvalue weighted by Gasteiger charge is 2.37. The van der Waals surface area contributed by atoms with Gasteiger partial charge in [-0.15, -0.1) is 0 Å². The lowest BCUT2D eigenvalue weighted by molar-refractivity contribution is 0.0674. The molecule has 0 aromatic heterocycles. The van der Waals surface area contributed by atoms with E-state index < -0.39 is 0 Å². The fraction of sp³-hybridized carbons (Fsp3) is 0.650. The second-order valence-electron chi connectivity index (χ2n) is 8.14. The van der Waals surface area contributed by atoms with Crippen molar-refractivity contribution in [2.45, 2.75) is 56.9 Å². The molecule has 2 N–H and O–H groups in total. The van der Waals surface area contributed by atoms with Crippen LogP contribution in [0.4, 0.5) is 0 Å². The third-order valence-corrected chi connectivity index (χ3v) is 6.61. The molecular formula is C20H28N4O. The Labute approximate surface area is 149 Å². The number of carbonyl (C=O) groups is 1. The molecule has 2 bridgehead atoms. The van der Waals surface area contributed by atoms with Gasteiger partial charge in [0.15, 0.2) is 0 Å². The fourth-order valence-corrected chi connectivity index (χ4v) is 5.23. The number of hydrogen-bond donors (Lipinski definition) is 2. The number of piperidine rings is 1. The molecule has 5 rings (SSSR count). The predicted octanol–water partition coefficient (Wildman–Crippen LogP) is 1.33. The van der Waals surface area contributed by atoms with Gasteiger partial charge in [-0.25, -0.2) is 0 Å². The number of amides is 1. The van der Waals surface area contributed by atoms with E-state index in [0.717, 1.165) is 51.3 Å². The Morgan fingerprint density at radius 2 is 1.80 bits per heavy atom. The lowest BCUT2D eigenvalue weighted by Gasteiger charge is -2.35. The molecule has 1 aromatic rings. The summed E-state index contributed by atoms with van der Waals surface area (Å²) in [6.45, 7) is 6.11. The summed E-state index contributed by atoms with van der Waals surface area (Å²) >= 11 is 0. The van der Waals surface area contributed by atoms with Crippen molar-refractivity contribution in [3.05, 3.63) is 34.9 Å². The number of piperazine rings is 1. The average molecular weight is 340 g/mol. The van der Waals surface area contributed by atoms with Crippen LogP contribution in [0.25, 0.3) is 0 Å². The summed E-state index contributed by atoms with van der Waals surface area (Å²) in [6.07, 6.45) is 4.94. The van der Waals surface area contributed by atoms with Crippen LogP contribution in [-0.2, 0) is 13.1 Å². The summed E-state index contributed by atoms with van der Waals surface area (Å²) in [7, 11) is 0. The second kappa shape index (κ2) is 6.38. The molecule has 0 radical (unpaired) electrons. The zero-order valence-corrected chi connectivity index (χ0v) is 14.8. The summed E-state index contributed by atoms with van der Waals surface area (Å²) in [5.41, 5.74) is 3.53. The molecule has 1 aromatic carbocycles. The van der Waals surface area contributed by atoms with Crippen LogP contribution < -0.4 is 10.6 Å². The zero-order valence-electron chi connectivity index (χ0n) is 14.8. The van der Waals surface area contributed by atoms with Crippen LogP contribution >= 0.6 is 0 Å². The molecule has 25 heavy (non-hydrogen) atoms. The number of nitrogens with one attached hydrogen (secondary N) is 2. The van der Waals surface area contributed by atoms with Crippen molar-refractivity contribution >= 4 is 5.91 Å². The molecule has 3 unspecified atom stereocenters. The van der Waals surface area contributed by atoms with Gasteiger partial charge in [0.05, 0.1) is 0 Å². The molecule has 4 aliphatic heterocycles. The summed E-state index contributed by atoms with van der Waals surface area (Å²) in [4.78, 5) is 17.6. The van der Waals surface area contributed by atoms with Crippen molar-refractivity contribution in [3.63, 3.8) is 0 Å². The average Bonchev–Trinajstić information content (AvgIpc) is 3.07. The Hall–Kier alpha value is -1.43. The van der Waals surface area contributed by atoms with Gasteiger partial charge >= 0.3 is 0 Å². The van der Waals surface area contributed by atoms with Gasteiger partial charge in [-0.2, -0.15) is 0 Å². The standard InChI is InChI=1S/C20H28N4O/c25-20-19-6-3-14(12-23-17-4-5-18(23)11-22-10-17)8-15(19)13-24(20)16-2-1-7-21-9-16/h3,6,8,16-18,21-22H,1-2,4-5,7,9-13H2. The van der Waals surface area contributed by atoms with Crippen LogP contribution in [0.1, 0.15) is 47.2 Å². The van der Waals surface area contributed by atoms with Crippen LogP contribution in [0.5, 0.6) is 0 Å². The highest BCUT2D eigenvalue weighted by Crippen LogP contribution is 2.31. The highest BCUT2D eigenvalue weighted by atomic mass is 16.2. The quantitative estimate of drug-likeness (QED) is 0.872. The van der Waals surface area contributed by atoms with E-state index in [-0.39, 0.29) is 5.91 Å². The number of benzene rings is 1. The van der Waals surface area contributed by atoms with Gasteiger partial charge in [0.25, 0.3) is 5.91 Å². The van der Waals surface area contributed by atoms with Crippen molar-refractivity contribution in [1.29, 1.82) is 0 Å². The summed E-state index contributed by atoms with van der Waals surface area (Å²) in [6, 6.07) is 8.30. The minimum atomic E-state index is 0.234. The van der Waals surface area contributed by atoms with Crippen LogP contribution in [-0.4, -0.2) is 60.0 Å². The van der Waals surface area contributed by atoms with Crippen LogP contribution in [0.2, 0.25) is 0 Å². The molecule has 4 heterocycles. The van der Waals surface area contributed by atoms with E-state index in [1.165, 1.54) is 30.4 Å². The molecule has 1 amide bonds. The third kappa shape index (κ3) is 2.78. The Morgan fingerprint density at radius 3 is 2.56 bits per heavy atom. The van der Waals surface area contributed by atoms with Gasteiger partial charge in [-0.05, 0) is 49.4 Å². The highest BCUT2D eigenvalue weighted by molar-refractivity contribution is 5.98. The number of fused-ring (bicyclic) bond motifs is 3. The number of nitrogens with zero attached hydrogens (tertiary/aromatic N) is 2. The van der Waals surface area contributed by atoms with Gasteiger partial charge in [0, 0.05) is 56.4 Å². The van der Waals surface area contributed by atoms with Gasteiger partial charge < -0.3 is 15.5 Å². The Bertz CT molecular complexity index is 654. The van der Waals surface area contributed by atoms with Gasteiger partial charge in [-0.1, -0.05) is 12.1 Å². The molecule has 5 heteroatoms. The van der Waals surface area contributed by atoms with E-state index in [2.05, 4.69) is 38.6 Å². The van der Waals surface area contributed by atoms with Crippen molar-refractivity contribution < 1.29 is 4.79 Å². The molecule has 3 atom stereocenters. The molecule has 0 aliphatic carbocycles. The molecule has 5 nitrogen and oxygen atoms in total. The smallest absolute Gasteiger partial charge is 0.254 e. The van der Waals surface area contributed by atoms with E-state index in [9.17, 15) is 4.79 Å². The molecular weight excluding hydrogens is 312 g/mol. The van der Waals surface area contributed by atoms with Gasteiger partial charge in [-0.3, -0.25) is 9.69 Å². The Balaban J connectivity index is 1.32. The Kier molecular flexibility index (Phi) is 4.03. The predicted molar refractivity (Wildman–Crippen MR) is 97.4 cm³/mol. The maximum atomic E-state index is 12.8. The molecule has 4 aliphatic rings. The summed E-state index contributed by atoms with van der Waals surface area (Å²) < 4.78 is 0. The number of rotatable bonds is 3. The normalized spacial score (nSPS) is 32.2. The van der Waals surface area contributed by atoms with Crippen LogP contribution in [0, 0.1) is 0 Å². The lowest BCUT2D eigenvalue weighted by Crippen LogP contribution is -2.51. The van der Waals surface area contributed by atoms with Gasteiger partial charge in [0.2, 0.25) is 0 Å². The molecule has 0 saturated carbocycles. The Morgan fingerprint density at radius 1 is 1.00 bits per heavy atom. The SMILES string of the molecule is O=C1c2ccc(CN3C4CCC3CNC4)cc2CN1C1CCCNC1. The molecule has 0 spiro atoms. The maximum Gasteiger partial charge on any atom is 0.254 e. The first kappa shape index (κ1) is 15.8. The zero-order chi connectivity index (χ0) is 16.8. The van der Waals surface area contributed by atoms with Crippen molar-refractivity contribution in [3.8, 4) is 0 Å². The first-order valence-corrected chi connectivity index (χ1v) is 9.89. The third-order valence-electron chi connectivity index (χ3n) is 6.61. The largest absolute Gasteiger partial charge is 0.330 e. The van der Waals surface area contributed by atoms with Crippen molar-refractivity contribution in [1.82, 2.24) is 20.4 Å². The van der Waals surface area contributed by atoms with E-state index in [0.29, 0.717) is 18.1 Å². The number of hydrogen-bond acceptors (Lipinski definition) is 4. The van der Waals surface area contributed by atoms with E-state index >= 15 is 0 Å². The van der Waals surface area contributed by atoms with E-state index in [1.54, 1.807) is 0 Å². The lowest BCUT2D eigenvalue weighted by atomic mass is 10.0. The van der Waals surface area contributed by atoms with Crippen molar-refractivity contribution in [2.24, 2.45) is 0 Å². The summed E-state index contributed by atoms with van der Waals surface area (Å²) in [5.74, 6) is 0.234. The molecule has 134 valence electrons. The van der Waals surface area contributed by atoms with Crippen molar-refractivity contribution in [2.75, 3.05) is 26.2 Å². The topological polar surface area (TPSA) is 47.6 Å².